The molecule has 2 aromatic carbocycles. The van der Waals surface area contributed by atoms with Crippen LogP contribution in [-0.4, -0.2) is 35.1 Å². The summed E-state index contributed by atoms with van der Waals surface area (Å²) < 4.78 is 37.3. The number of carbonyl (C=O) groups is 1. The first-order valence-corrected chi connectivity index (χ1v) is 10.4. The van der Waals surface area contributed by atoms with Crippen LogP contribution in [0.25, 0.3) is 0 Å². The van der Waals surface area contributed by atoms with Gasteiger partial charge in [-0.15, -0.1) is 0 Å². The fraction of sp³-hybridized carbons (Fsp3) is 0.278. The Balaban J connectivity index is 1.88. The van der Waals surface area contributed by atoms with Crippen molar-refractivity contribution in [1.82, 2.24) is 10.0 Å². The number of nitrogens with one attached hydrogen (secondary N) is 2. The summed E-state index contributed by atoms with van der Waals surface area (Å²) in [4.78, 5) is 12.0. The smallest absolute Gasteiger partial charge is 0.240 e. The zero-order valence-corrected chi connectivity index (χ0v) is 17.6. The summed E-state index contributed by atoms with van der Waals surface area (Å²) in [5, 5.41) is 3.63. The molecule has 0 saturated carbocycles. The van der Waals surface area contributed by atoms with Gasteiger partial charge >= 0.3 is 0 Å². The van der Waals surface area contributed by atoms with Gasteiger partial charge in [0.05, 0.1) is 19.1 Å². The molecule has 0 saturated heterocycles. The second-order valence-electron chi connectivity index (χ2n) is 5.68. The van der Waals surface area contributed by atoms with Crippen LogP contribution in [0, 0.1) is 0 Å². The summed E-state index contributed by atoms with van der Waals surface area (Å²) in [5.41, 5.74) is 0.713. The largest absolute Gasteiger partial charge is 0.493 e. The molecule has 7 nitrogen and oxygen atoms in total. The Labute approximate surface area is 174 Å². The van der Waals surface area contributed by atoms with Crippen LogP contribution >= 0.6 is 23.2 Å². The van der Waals surface area contributed by atoms with Crippen molar-refractivity contribution in [3.05, 3.63) is 52.0 Å². The van der Waals surface area contributed by atoms with Crippen LogP contribution in [0.5, 0.6) is 11.5 Å². The van der Waals surface area contributed by atoms with Crippen molar-refractivity contribution in [2.45, 2.75) is 17.9 Å². The van der Waals surface area contributed by atoms with Gasteiger partial charge in [0.15, 0.2) is 11.5 Å². The van der Waals surface area contributed by atoms with Crippen LogP contribution in [0.3, 0.4) is 0 Å². The molecule has 0 aliphatic heterocycles. The molecule has 0 aliphatic rings. The Kier molecular flexibility index (Phi) is 7.94. The second-order valence-corrected chi connectivity index (χ2v) is 8.29. The molecule has 2 rings (SSSR count). The number of halogens is 2. The molecule has 0 spiro atoms. The molecule has 152 valence electrons. The summed E-state index contributed by atoms with van der Waals surface area (Å²) in [5.74, 6) is 0.394. The summed E-state index contributed by atoms with van der Waals surface area (Å²) in [7, 11) is -0.919. The van der Waals surface area contributed by atoms with Crippen molar-refractivity contribution in [3.8, 4) is 11.5 Å². The molecule has 1 amide bonds. The van der Waals surface area contributed by atoms with E-state index in [0.29, 0.717) is 27.1 Å². The Morgan fingerprint density at radius 3 is 2.39 bits per heavy atom. The highest BCUT2D eigenvalue weighted by atomic mass is 35.5. The van der Waals surface area contributed by atoms with Crippen molar-refractivity contribution < 1.29 is 22.7 Å². The summed E-state index contributed by atoms with van der Waals surface area (Å²) >= 11 is 11.9. The Morgan fingerprint density at radius 1 is 1.04 bits per heavy atom. The van der Waals surface area contributed by atoms with E-state index in [1.54, 1.807) is 18.2 Å². The quantitative estimate of drug-likeness (QED) is 0.617. The standard InChI is InChI=1S/C18H20Cl2N2O5S/c1-26-16-6-5-14(10-17(16)27-2)28(24,25)22-8-7-18(23)21-11-12-3-4-13(19)9-15(12)20/h3-6,9-10,22H,7-8,11H2,1-2H3,(H,21,23). The summed E-state index contributed by atoms with van der Waals surface area (Å²) in [6.07, 6.45) is -0.0300. The molecule has 0 unspecified atom stereocenters. The highest BCUT2D eigenvalue weighted by Gasteiger charge is 2.17. The van der Waals surface area contributed by atoms with Gasteiger partial charge in [0.2, 0.25) is 15.9 Å². The molecular formula is C18H20Cl2N2O5S. The summed E-state index contributed by atoms with van der Waals surface area (Å²) in [6.45, 7) is 0.161. The molecule has 0 fully saturated rings. The van der Waals surface area contributed by atoms with E-state index in [2.05, 4.69) is 10.0 Å². The number of sulfonamides is 1. The molecule has 0 atom stereocenters. The number of benzene rings is 2. The highest BCUT2D eigenvalue weighted by Crippen LogP contribution is 2.29. The van der Waals surface area contributed by atoms with E-state index in [-0.39, 0.29) is 30.3 Å². The third kappa shape index (κ3) is 6.00. The highest BCUT2D eigenvalue weighted by molar-refractivity contribution is 7.89. The third-order valence-corrected chi connectivity index (χ3v) is 5.85. The number of carbonyl (C=O) groups excluding carboxylic acids is 1. The molecule has 2 aromatic rings. The van der Waals surface area contributed by atoms with Gasteiger partial charge < -0.3 is 14.8 Å². The van der Waals surface area contributed by atoms with E-state index in [1.807, 2.05) is 0 Å². The van der Waals surface area contributed by atoms with Gasteiger partial charge in [-0.1, -0.05) is 29.3 Å². The van der Waals surface area contributed by atoms with Crippen LogP contribution in [-0.2, 0) is 21.4 Å². The lowest BCUT2D eigenvalue weighted by molar-refractivity contribution is -0.121. The van der Waals surface area contributed by atoms with Crippen molar-refractivity contribution in [3.63, 3.8) is 0 Å². The van der Waals surface area contributed by atoms with Crippen LogP contribution in [0.15, 0.2) is 41.3 Å². The number of ether oxygens (including phenoxy) is 2. The maximum Gasteiger partial charge on any atom is 0.240 e. The molecular weight excluding hydrogens is 427 g/mol. The van der Waals surface area contributed by atoms with Crippen molar-refractivity contribution in [2.24, 2.45) is 0 Å². The molecule has 0 heterocycles. The maximum absolute atomic E-state index is 12.4. The van der Waals surface area contributed by atoms with Gasteiger partial charge in [-0.25, -0.2) is 13.1 Å². The first-order chi connectivity index (χ1) is 13.3. The number of amides is 1. The molecule has 0 bridgehead atoms. The van der Waals surface area contributed by atoms with Gasteiger partial charge in [0.25, 0.3) is 0 Å². The molecule has 2 N–H and O–H groups in total. The monoisotopic (exact) mass is 446 g/mol. The molecule has 0 radical (unpaired) electrons. The third-order valence-electron chi connectivity index (χ3n) is 3.80. The van der Waals surface area contributed by atoms with Gasteiger partial charge in [0, 0.05) is 35.6 Å². The summed E-state index contributed by atoms with van der Waals surface area (Å²) in [6, 6.07) is 9.21. The average Bonchev–Trinajstić information content (AvgIpc) is 2.66. The van der Waals surface area contributed by atoms with E-state index in [9.17, 15) is 13.2 Å². The van der Waals surface area contributed by atoms with Crippen molar-refractivity contribution in [2.75, 3.05) is 20.8 Å². The minimum Gasteiger partial charge on any atom is -0.493 e. The fourth-order valence-electron chi connectivity index (χ4n) is 2.31. The zero-order valence-electron chi connectivity index (χ0n) is 15.3. The minimum atomic E-state index is -3.79. The molecule has 0 aromatic heterocycles. The van der Waals surface area contributed by atoms with E-state index < -0.39 is 10.0 Å². The predicted octanol–water partition coefficient (Wildman–Crippen LogP) is 3.00. The van der Waals surface area contributed by atoms with Gasteiger partial charge in [-0.3, -0.25) is 4.79 Å². The maximum atomic E-state index is 12.4. The number of methoxy groups -OCH3 is 2. The average molecular weight is 447 g/mol. The second kappa shape index (κ2) is 9.97. The lowest BCUT2D eigenvalue weighted by Crippen LogP contribution is -2.30. The molecule has 10 heteroatoms. The molecule has 28 heavy (non-hydrogen) atoms. The number of hydrogen-bond acceptors (Lipinski definition) is 5. The zero-order chi connectivity index (χ0) is 20.7. The predicted molar refractivity (Wildman–Crippen MR) is 108 cm³/mol. The van der Waals surface area contributed by atoms with E-state index >= 15 is 0 Å². The van der Waals surface area contributed by atoms with E-state index in [1.165, 1.54) is 32.4 Å². The minimum absolute atomic E-state index is 0.0125. The fourth-order valence-corrected chi connectivity index (χ4v) is 3.84. The van der Waals surface area contributed by atoms with Gasteiger partial charge in [-0.2, -0.15) is 0 Å². The van der Waals surface area contributed by atoms with Crippen molar-refractivity contribution in [1.29, 1.82) is 0 Å². The number of hydrogen-bond donors (Lipinski definition) is 2. The first-order valence-electron chi connectivity index (χ1n) is 8.19. The van der Waals surface area contributed by atoms with Crippen LogP contribution in [0.2, 0.25) is 10.0 Å². The number of rotatable bonds is 9. The van der Waals surface area contributed by atoms with Crippen LogP contribution in [0.4, 0.5) is 0 Å². The van der Waals surface area contributed by atoms with Crippen LogP contribution in [0.1, 0.15) is 12.0 Å². The van der Waals surface area contributed by atoms with Crippen molar-refractivity contribution >= 4 is 39.1 Å². The van der Waals surface area contributed by atoms with Gasteiger partial charge in [-0.05, 0) is 29.8 Å². The SMILES string of the molecule is COc1ccc(S(=O)(=O)NCCC(=O)NCc2ccc(Cl)cc2Cl)cc1OC. The lowest BCUT2D eigenvalue weighted by atomic mass is 10.2. The Morgan fingerprint density at radius 2 is 1.75 bits per heavy atom. The Hall–Kier alpha value is -2.00. The normalized spacial score (nSPS) is 11.1. The van der Waals surface area contributed by atoms with Gasteiger partial charge in [0.1, 0.15) is 0 Å². The first kappa shape index (κ1) is 22.3. The van der Waals surface area contributed by atoms with Crippen LogP contribution < -0.4 is 19.5 Å². The Bertz CT molecular complexity index is 951. The van der Waals surface area contributed by atoms with E-state index in [0.717, 1.165) is 0 Å². The molecule has 0 aliphatic carbocycles. The topological polar surface area (TPSA) is 93.7 Å². The lowest BCUT2D eigenvalue weighted by Gasteiger charge is -2.11. The van der Waals surface area contributed by atoms with E-state index in [4.69, 9.17) is 32.7 Å².